The van der Waals surface area contributed by atoms with Gasteiger partial charge < -0.3 is 19.5 Å². The normalized spacial score (nSPS) is 10.6. The van der Waals surface area contributed by atoms with Gasteiger partial charge in [0.2, 0.25) is 0 Å². The molecule has 1 heterocycles. The van der Waals surface area contributed by atoms with E-state index in [1.165, 1.54) is 5.56 Å². The zero-order valence-electron chi connectivity index (χ0n) is 15.8. The Kier molecular flexibility index (Phi) is 6.68. The lowest BCUT2D eigenvalue weighted by Crippen LogP contribution is -2.16. The van der Waals surface area contributed by atoms with Gasteiger partial charge in [0, 0.05) is 24.4 Å². The van der Waals surface area contributed by atoms with Crippen molar-refractivity contribution in [3.63, 3.8) is 0 Å². The number of thiazole rings is 1. The Bertz CT molecular complexity index is 879. The van der Waals surface area contributed by atoms with Crippen LogP contribution in [0.15, 0.2) is 48.7 Å². The molecule has 0 spiro atoms. The molecule has 0 aliphatic rings. The third kappa shape index (κ3) is 4.78. The summed E-state index contributed by atoms with van der Waals surface area (Å²) in [5, 5.41) is 4.50. The van der Waals surface area contributed by atoms with Gasteiger partial charge in [-0.05, 0) is 36.7 Å². The summed E-state index contributed by atoms with van der Waals surface area (Å²) in [4.78, 5) is 5.61. The second kappa shape index (κ2) is 9.39. The van der Waals surface area contributed by atoms with Crippen molar-refractivity contribution in [1.29, 1.82) is 0 Å². The van der Waals surface area contributed by atoms with Crippen LogP contribution in [0.25, 0.3) is 10.4 Å². The molecular formula is C21H24N2O3S. The molecule has 0 aliphatic carbocycles. The van der Waals surface area contributed by atoms with Gasteiger partial charge in [0.15, 0.2) is 0 Å². The lowest BCUT2D eigenvalue weighted by molar-refractivity contribution is 0.395. The summed E-state index contributed by atoms with van der Waals surface area (Å²) >= 11 is 1.66. The third-order valence-electron chi connectivity index (χ3n) is 4.27. The van der Waals surface area contributed by atoms with Gasteiger partial charge in [-0.25, -0.2) is 4.98 Å². The van der Waals surface area contributed by atoms with Crippen molar-refractivity contribution in [3.05, 3.63) is 59.2 Å². The molecule has 1 N–H and O–H groups in total. The largest absolute Gasteiger partial charge is 0.497 e. The van der Waals surface area contributed by atoms with Crippen molar-refractivity contribution >= 4 is 11.3 Å². The van der Waals surface area contributed by atoms with Gasteiger partial charge >= 0.3 is 0 Å². The predicted octanol–water partition coefficient (Wildman–Crippen LogP) is 4.17. The third-order valence-corrected chi connectivity index (χ3v) is 5.30. The summed E-state index contributed by atoms with van der Waals surface area (Å²) in [7, 11) is 5.02. The quantitative estimate of drug-likeness (QED) is 0.561. The van der Waals surface area contributed by atoms with Crippen molar-refractivity contribution in [2.24, 2.45) is 0 Å². The molecule has 2 aromatic carbocycles. The van der Waals surface area contributed by atoms with Gasteiger partial charge in [-0.15, -0.1) is 11.3 Å². The number of ether oxygens (including phenoxy) is 3. The maximum atomic E-state index is 5.49. The van der Waals surface area contributed by atoms with Crippen molar-refractivity contribution in [1.82, 2.24) is 10.3 Å². The van der Waals surface area contributed by atoms with Crippen molar-refractivity contribution in [2.75, 3.05) is 27.9 Å². The first kappa shape index (κ1) is 19.2. The minimum atomic E-state index is 0.734. The molecule has 0 bridgehead atoms. The topological polar surface area (TPSA) is 52.6 Å². The first-order valence-corrected chi connectivity index (χ1v) is 9.56. The fourth-order valence-corrected chi connectivity index (χ4v) is 3.76. The number of nitrogens with one attached hydrogen (secondary N) is 1. The van der Waals surface area contributed by atoms with E-state index in [9.17, 15) is 0 Å². The highest BCUT2D eigenvalue weighted by molar-refractivity contribution is 7.15. The van der Waals surface area contributed by atoms with Crippen LogP contribution in [0.3, 0.4) is 0 Å². The average molecular weight is 385 g/mol. The van der Waals surface area contributed by atoms with Gasteiger partial charge in [-0.3, -0.25) is 0 Å². The van der Waals surface area contributed by atoms with E-state index >= 15 is 0 Å². The number of benzene rings is 2. The number of hydrogen-bond acceptors (Lipinski definition) is 6. The lowest BCUT2D eigenvalue weighted by atomic mass is 10.1. The van der Waals surface area contributed by atoms with Crippen LogP contribution >= 0.6 is 11.3 Å². The fraction of sp³-hybridized carbons (Fsp3) is 0.286. The smallest absolute Gasteiger partial charge is 0.131 e. The second-order valence-corrected chi connectivity index (χ2v) is 7.04. The summed E-state index contributed by atoms with van der Waals surface area (Å²) in [6.45, 7) is 1.60. The zero-order valence-corrected chi connectivity index (χ0v) is 16.6. The van der Waals surface area contributed by atoms with E-state index in [1.807, 2.05) is 42.6 Å². The maximum absolute atomic E-state index is 5.49. The van der Waals surface area contributed by atoms with Gasteiger partial charge in [0.25, 0.3) is 0 Å². The zero-order chi connectivity index (χ0) is 19.1. The number of nitrogens with zero attached hydrogens (tertiary/aromatic N) is 1. The molecule has 0 saturated heterocycles. The van der Waals surface area contributed by atoms with Crippen molar-refractivity contribution < 1.29 is 14.2 Å². The molecule has 3 rings (SSSR count). The Morgan fingerprint density at radius 3 is 2.56 bits per heavy atom. The molecular weight excluding hydrogens is 360 g/mol. The summed E-state index contributed by atoms with van der Waals surface area (Å²) < 4.78 is 16.1. The summed E-state index contributed by atoms with van der Waals surface area (Å²) in [5.41, 5.74) is 2.23. The second-order valence-electron chi connectivity index (χ2n) is 5.92. The van der Waals surface area contributed by atoms with Crippen molar-refractivity contribution in [2.45, 2.75) is 13.0 Å². The van der Waals surface area contributed by atoms with Crippen molar-refractivity contribution in [3.8, 4) is 27.7 Å². The summed E-state index contributed by atoms with van der Waals surface area (Å²) in [5.74, 6) is 2.49. The summed E-state index contributed by atoms with van der Waals surface area (Å²) in [6.07, 6.45) is 2.81. The minimum absolute atomic E-state index is 0.734. The highest BCUT2D eigenvalue weighted by atomic mass is 32.1. The van der Waals surface area contributed by atoms with E-state index in [2.05, 4.69) is 16.4 Å². The molecule has 0 amide bonds. The van der Waals surface area contributed by atoms with Crippen LogP contribution in [0.2, 0.25) is 0 Å². The number of para-hydroxylation sites is 1. The molecule has 1 aromatic heterocycles. The molecule has 0 aliphatic heterocycles. The van der Waals surface area contributed by atoms with Crippen LogP contribution in [-0.2, 0) is 13.0 Å². The van der Waals surface area contributed by atoms with Crippen LogP contribution in [0, 0.1) is 0 Å². The monoisotopic (exact) mass is 384 g/mol. The lowest BCUT2D eigenvalue weighted by Gasteiger charge is -2.08. The minimum Gasteiger partial charge on any atom is -0.497 e. The van der Waals surface area contributed by atoms with Crippen LogP contribution in [0.4, 0.5) is 0 Å². The number of aromatic nitrogens is 1. The maximum Gasteiger partial charge on any atom is 0.131 e. The Balaban J connectivity index is 1.58. The number of hydrogen-bond donors (Lipinski definition) is 1. The molecule has 0 atom stereocenters. The predicted molar refractivity (Wildman–Crippen MR) is 109 cm³/mol. The Hall–Kier alpha value is -2.57. The van der Waals surface area contributed by atoms with E-state index in [0.717, 1.165) is 52.2 Å². The van der Waals surface area contributed by atoms with Gasteiger partial charge in [-0.1, -0.05) is 18.2 Å². The SMILES string of the molecule is COc1ccc(-c2cnc(CNCCc3ccccc3OC)s2)c(OC)c1. The van der Waals surface area contributed by atoms with Gasteiger partial charge in [-0.2, -0.15) is 0 Å². The van der Waals surface area contributed by atoms with E-state index < -0.39 is 0 Å². The first-order valence-electron chi connectivity index (χ1n) is 8.75. The Morgan fingerprint density at radius 1 is 0.963 bits per heavy atom. The molecule has 0 radical (unpaired) electrons. The van der Waals surface area contributed by atoms with Gasteiger partial charge in [0.05, 0.1) is 26.2 Å². The molecule has 27 heavy (non-hydrogen) atoms. The molecule has 0 saturated carbocycles. The van der Waals surface area contributed by atoms with Crippen LogP contribution in [0.1, 0.15) is 10.6 Å². The Morgan fingerprint density at radius 2 is 1.78 bits per heavy atom. The van der Waals surface area contributed by atoms with Crippen LogP contribution in [0.5, 0.6) is 17.2 Å². The van der Waals surface area contributed by atoms with E-state index in [0.29, 0.717) is 0 Å². The highest BCUT2D eigenvalue weighted by Gasteiger charge is 2.11. The molecule has 5 nitrogen and oxygen atoms in total. The van der Waals surface area contributed by atoms with Crippen LogP contribution < -0.4 is 19.5 Å². The summed E-state index contributed by atoms with van der Waals surface area (Å²) in [6, 6.07) is 13.9. The van der Waals surface area contributed by atoms with E-state index in [1.54, 1.807) is 32.7 Å². The van der Waals surface area contributed by atoms with Crippen LogP contribution in [-0.4, -0.2) is 32.9 Å². The average Bonchev–Trinajstić information content (AvgIpc) is 3.19. The number of rotatable bonds is 9. The standard InChI is InChI=1S/C21H24N2O3S/c1-24-16-8-9-17(19(12-16)26-3)20-13-23-21(27-20)14-22-11-10-15-6-4-5-7-18(15)25-2/h4-9,12-13,22H,10-11,14H2,1-3H3. The first-order chi connectivity index (χ1) is 13.2. The molecule has 6 heteroatoms. The molecule has 0 unspecified atom stereocenters. The van der Waals surface area contributed by atoms with E-state index in [-0.39, 0.29) is 0 Å². The van der Waals surface area contributed by atoms with E-state index in [4.69, 9.17) is 14.2 Å². The highest BCUT2D eigenvalue weighted by Crippen LogP contribution is 2.36. The molecule has 3 aromatic rings. The molecule has 142 valence electrons. The fourth-order valence-electron chi connectivity index (χ4n) is 2.85. The Labute approximate surface area is 163 Å². The number of methoxy groups -OCH3 is 3. The molecule has 0 fully saturated rings. The van der Waals surface area contributed by atoms with Gasteiger partial charge in [0.1, 0.15) is 22.3 Å².